The fourth-order valence-electron chi connectivity index (χ4n) is 1.07. The molecule has 1 rings (SSSR count). The Labute approximate surface area is 94.2 Å². The number of ether oxygens (including phenoxy) is 2. The third-order valence-electron chi connectivity index (χ3n) is 1.83. The third-order valence-corrected chi connectivity index (χ3v) is 1.83. The molecule has 0 atom stereocenters. The molecule has 0 aliphatic carbocycles. The maximum Gasteiger partial charge on any atom is 0.353 e. The lowest BCUT2D eigenvalue weighted by Gasteiger charge is -2.00. The van der Waals surface area contributed by atoms with Gasteiger partial charge in [-0.15, -0.1) is 0 Å². The zero-order chi connectivity index (χ0) is 11.8. The lowest BCUT2D eigenvalue weighted by Crippen LogP contribution is -2.00. The van der Waals surface area contributed by atoms with E-state index in [1.54, 1.807) is 7.11 Å². The van der Waals surface area contributed by atoms with Crippen LogP contribution >= 0.6 is 0 Å². The summed E-state index contributed by atoms with van der Waals surface area (Å²) in [4.78, 5) is 14.8. The number of methoxy groups -OCH3 is 1. The van der Waals surface area contributed by atoms with Crippen LogP contribution in [-0.2, 0) is 16.1 Å². The summed E-state index contributed by atoms with van der Waals surface area (Å²) in [6, 6.07) is 7.45. The normalized spacial score (nSPS) is 10.1. The quantitative estimate of drug-likeness (QED) is 0.432. The van der Waals surface area contributed by atoms with Crippen molar-refractivity contribution in [1.29, 1.82) is 0 Å². The molecule has 0 amide bonds. The Morgan fingerprint density at radius 3 is 2.69 bits per heavy atom. The fraction of sp³-hybridized carbons (Fsp3) is 0.167. The molecule has 0 aliphatic heterocycles. The fourth-order valence-corrected chi connectivity index (χ4v) is 1.07. The van der Waals surface area contributed by atoms with E-state index < -0.39 is 5.97 Å². The molecule has 0 radical (unpaired) electrons. The highest BCUT2D eigenvalue weighted by Gasteiger charge is 1.95. The van der Waals surface area contributed by atoms with Gasteiger partial charge in [0.15, 0.2) is 0 Å². The first-order valence-corrected chi connectivity index (χ1v) is 4.70. The highest BCUT2D eigenvalue weighted by molar-refractivity contribution is 6.23. The third kappa shape index (κ3) is 3.96. The van der Waals surface area contributed by atoms with Gasteiger partial charge in [0.2, 0.25) is 0 Å². The number of aliphatic imine (C=N–C) groups is 1. The van der Waals surface area contributed by atoms with Gasteiger partial charge >= 0.3 is 5.97 Å². The highest BCUT2D eigenvalue weighted by Crippen LogP contribution is 2.11. The molecule has 1 aromatic rings. The first-order valence-electron chi connectivity index (χ1n) is 4.70. The molecule has 0 spiro atoms. The number of esters is 1. The Morgan fingerprint density at radius 1 is 1.44 bits per heavy atom. The Kier molecular flexibility index (Phi) is 4.79. The molecule has 0 heterocycles. The Balaban J connectivity index is 2.47. The van der Waals surface area contributed by atoms with Gasteiger partial charge in [0.05, 0.1) is 19.9 Å². The minimum absolute atomic E-state index is 0.427. The maximum absolute atomic E-state index is 10.9. The van der Waals surface area contributed by atoms with Crippen molar-refractivity contribution in [2.45, 2.75) is 6.54 Å². The summed E-state index contributed by atoms with van der Waals surface area (Å²) in [5.74, 6) is 0.266. The van der Waals surface area contributed by atoms with E-state index in [9.17, 15) is 4.79 Å². The molecule has 0 unspecified atom stereocenters. The van der Waals surface area contributed by atoms with Gasteiger partial charge in [-0.1, -0.05) is 18.7 Å². The smallest absolute Gasteiger partial charge is 0.353 e. The molecule has 4 heteroatoms. The van der Waals surface area contributed by atoms with Crippen molar-refractivity contribution < 1.29 is 14.3 Å². The van der Waals surface area contributed by atoms with E-state index in [1.807, 2.05) is 24.3 Å². The Hall–Kier alpha value is -2.10. The predicted octanol–water partition coefficient (Wildman–Crippen LogP) is 1.95. The molecule has 0 bridgehead atoms. The maximum atomic E-state index is 10.9. The average Bonchev–Trinajstić information content (AvgIpc) is 2.30. The van der Waals surface area contributed by atoms with Crippen molar-refractivity contribution in [3.63, 3.8) is 0 Å². The van der Waals surface area contributed by atoms with Crippen LogP contribution in [0, 0.1) is 0 Å². The molecule has 16 heavy (non-hydrogen) atoms. The second-order valence-corrected chi connectivity index (χ2v) is 2.92. The van der Waals surface area contributed by atoms with Gasteiger partial charge < -0.3 is 9.47 Å². The van der Waals surface area contributed by atoms with E-state index in [0.717, 1.165) is 23.8 Å². The Bertz CT molecular complexity index is 382. The van der Waals surface area contributed by atoms with Gasteiger partial charge in [0.1, 0.15) is 12.0 Å². The second kappa shape index (κ2) is 6.40. The SMILES string of the molecule is C=COC(=O)C=NCc1ccc(OC)cc1. The summed E-state index contributed by atoms with van der Waals surface area (Å²) < 4.78 is 9.49. The van der Waals surface area contributed by atoms with Crippen molar-refractivity contribution in [1.82, 2.24) is 0 Å². The van der Waals surface area contributed by atoms with Crippen molar-refractivity contribution in [3.8, 4) is 5.75 Å². The molecule has 0 aliphatic rings. The van der Waals surface area contributed by atoms with Crippen molar-refractivity contribution in [3.05, 3.63) is 42.7 Å². The number of carbonyl (C=O) groups is 1. The largest absolute Gasteiger partial charge is 0.497 e. The van der Waals surface area contributed by atoms with E-state index in [2.05, 4.69) is 16.3 Å². The van der Waals surface area contributed by atoms with Crippen LogP contribution in [0.1, 0.15) is 5.56 Å². The van der Waals surface area contributed by atoms with E-state index in [-0.39, 0.29) is 0 Å². The highest BCUT2D eigenvalue weighted by atomic mass is 16.5. The zero-order valence-corrected chi connectivity index (χ0v) is 9.05. The Morgan fingerprint density at radius 2 is 2.12 bits per heavy atom. The van der Waals surface area contributed by atoms with Crippen molar-refractivity contribution in [2.24, 2.45) is 4.99 Å². The molecule has 84 valence electrons. The van der Waals surface area contributed by atoms with Crippen LogP contribution in [0.15, 0.2) is 42.1 Å². The van der Waals surface area contributed by atoms with Crippen LogP contribution in [0.2, 0.25) is 0 Å². The standard InChI is InChI=1S/C12H13NO3/c1-3-16-12(14)9-13-8-10-4-6-11(15-2)7-5-10/h3-7,9H,1,8H2,2H3. The van der Waals surface area contributed by atoms with Gasteiger partial charge in [-0.3, -0.25) is 4.99 Å². The minimum atomic E-state index is -0.525. The predicted molar refractivity (Wildman–Crippen MR) is 61.5 cm³/mol. The first-order chi connectivity index (χ1) is 7.76. The molecule has 1 aromatic carbocycles. The topological polar surface area (TPSA) is 47.9 Å². The van der Waals surface area contributed by atoms with Gasteiger partial charge in [-0.05, 0) is 17.7 Å². The summed E-state index contributed by atoms with van der Waals surface area (Å²) in [7, 11) is 1.61. The van der Waals surface area contributed by atoms with Crippen LogP contribution in [0.5, 0.6) is 5.75 Å². The number of benzene rings is 1. The van der Waals surface area contributed by atoms with Crippen LogP contribution in [0.25, 0.3) is 0 Å². The zero-order valence-electron chi connectivity index (χ0n) is 9.05. The summed E-state index contributed by atoms with van der Waals surface area (Å²) in [6.45, 7) is 3.69. The van der Waals surface area contributed by atoms with Crippen LogP contribution in [0.4, 0.5) is 0 Å². The number of carbonyl (C=O) groups excluding carboxylic acids is 1. The number of nitrogens with zero attached hydrogens (tertiary/aromatic N) is 1. The summed E-state index contributed by atoms with van der Waals surface area (Å²) in [6.07, 6.45) is 2.20. The monoisotopic (exact) mass is 219 g/mol. The average molecular weight is 219 g/mol. The summed E-state index contributed by atoms with van der Waals surface area (Å²) >= 11 is 0. The number of hydrogen-bond donors (Lipinski definition) is 0. The van der Waals surface area contributed by atoms with Crippen molar-refractivity contribution >= 4 is 12.2 Å². The molecular weight excluding hydrogens is 206 g/mol. The molecule has 0 fully saturated rings. The van der Waals surface area contributed by atoms with Gasteiger partial charge in [-0.25, -0.2) is 4.79 Å². The minimum Gasteiger partial charge on any atom is -0.497 e. The summed E-state index contributed by atoms with van der Waals surface area (Å²) in [5, 5.41) is 0. The van der Waals surface area contributed by atoms with E-state index in [1.165, 1.54) is 0 Å². The first kappa shape index (κ1) is 12.0. The lowest BCUT2D eigenvalue weighted by atomic mass is 10.2. The molecule has 0 saturated heterocycles. The summed E-state index contributed by atoms with van der Waals surface area (Å²) in [5.41, 5.74) is 0.989. The number of hydrogen-bond acceptors (Lipinski definition) is 4. The van der Waals surface area contributed by atoms with Crippen LogP contribution < -0.4 is 4.74 Å². The molecular formula is C12H13NO3. The van der Waals surface area contributed by atoms with Gasteiger partial charge in [0, 0.05) is 0 Å². The lowest BCUT2D eigenvalue weighted by molar-refractivity contribution is -0.129. The molecule has 0 N–H and O–H groups in total. The second-order valence-electron chi connectivity index (χ2n) is 2.92. The van der Waals surface area contributed by atoms with Gasteiger partial charge in [-0.2, -0.15) is 0 Å². The van der Waals surface area contributed by atoms with Crippen LogP contribution in [0.3, 0.4) is 0 Å². The van der Waals surface area contributed by atoms with Crippen molar-refractivity contribution in [2.75, 3.05) is 7.11 Å². The van der Waals surface area contributed by atoms with Gasteiger partial charge in [0.25, 0.3) is 0 Å². The van der Waals surface area contributed by atoms with E-state index in [0.29, 0.717) is 6.54 Å². The van der Waals surface area contributed by atoms with E-state index in [4.69, 9.17) is 4.74 Å². The van der Waals surface area contributed by atoms with E-state index >= 15 is 0 Å². The molecule has 4 nitrogen and oxygen atoms in total. The molecule has 0 aromatic heterocycles. The molecule has 0 saturated carbocycles. The number of rotatable bonds is 5. The van der Waals surface area contributed by atoms with Crippen LogP contribution in [-0.4, -0.2) is 19.3 Å².